The Morgan fingerprint density at radius 1 is 1.04 bits per heavy atom. The van der Waals surface area contributed by atoms with Crippen LogP contribution in [0, 0.1) is 0 Å². The van der Waals surface area contributed by atoms with Crippen LogP contribution in [0.25, 0.3) is 0 Å². The summed E-state index contributed by atoms with van der Waals surface area (Å²) in [4.78, 5) is 16.5. The van der Waals surface area contributed by atoms with E-state index >= 15 is 0 Å². The molecule has 4 nitrogen and oxygen atoms in total. The fraction of sp³-hybridized carbons (Fsp3) is 0.409. The summed E-state index contributed by atoms with van der Waals surface area (Å²) in [5, 5.41) is 3.14. The zero-order chi connectivity index (χ0) is 17.9. The third-order valence-corrected chi connectivity index (χ3v) is 5.90. The maximum absolute atomic E-state index is 12.7. The lowest BCUT2D eigenvalue weighted by Crippen LogP contribution is -3.19. The molecule has 2 aliphatic rings. The Morgan fingerprint density at radius 2 is 1.77 bits per heavy atom. The Labute approximate surface area is 155 Å². The van der Waals surface area contributed by atoms with Crippen LogP contribution in [-0.4, -0.2) is 38.1 Å². The minimum Gasteiger partial charge on any atom is -0.360 e. The van der Waals surface area contributed by atoms with E-state index < -0.39 is 0 Å². The number of hydrogen-bond acceptors (Lipinski definition) is 2. The average Bonchev–Trinajstić information content (AvgIpc) is 3.16. The van der Waals surface area contributed by atoms with Crippen molar-refractivity contribution in [2.24, 2.45) is 0 Å². The molecule has 0 radical (unpaired) electrons. The maximum Gasteiger partial charge on any atom is 0.282 e. The molecule has 1 fully saturated rings. The number of amides is 1. The van der Waals surface area contributed by atoms with Gasteiger partial charge in [0.2, 0.25) is 0 Å². The molecule has 1 heterocycles. The number of nitrogens with zero attached hydrogens (tertiary/aromatic N) is 1. The first-order valence-electron chi connectivity index (χ1n) is 9.78. The number of carbonyl (C=O) groups excluding carboxylic acids is 1. The molecule has 0 saturated carbocycles. The molecule has 1 aliphatic heterocycles. The number of piperazine rings is 1. The highest BCUT2D eigenvalue weighted by Crippen LogP contribution is 2.24. The number of anilines is 2. The van der Waals surface area contributed by atoms with Crippen LogP contribution in [0.4, 0.5) is 11.4 Å². The Hall–Kier alpha value is -2.33. The first-order chi connectivity index (χ1) is 12.7. The number of nitrogens with one attached hydrogen (secondary N) is 2. The molecule has 2 aromatic rings. The highest BCUT2D eigenvalue weighted by Gasteiger charge is 2.29. The fourth-order valence-corrected chi connectivity index (χ4v) is 4.21. The minimum absolute atomic E-state index is 0.0267. The van der Waals surface area contributed by atoms with Gasteiger partial charge in [0, 0.05) is 11.4 Å². The van der Waals surface area contributed by atoms with E-state index in [4.69, 9.17) is 0 Å². The van der Waals surface area contributed by atoms with Gasteiger partial charge in [-0.1, -0.05) is 24.3 Å². The molecule has 2 N–H and O–H groups in total. The van der Waals surface area contributed by atoms with Crippen molar-refractivity contribution in [1.29, 1.82) is 0 Å². The summed E-state index contributed by atoms with van der Waals surface area (Å²) in [6.07, 6.45) is 3.55. The SMILES string of the molecule is C[C@@H](C(=O)Nc1ccc2c(c1)CCC2)[NH+]1CCN(c2ccccc2)CC1. The number of benzene rings is 2. The van der Waals surface area contributed by atoms with Crippen molar-refractivity contribution in [2.75, 3.05) is 36.4 Å². The lowest BCUT2D eigenvalue weighted by molar-refractivity contribution is -0.914. The average molecular weight is 350 g/mol. The van der Waals surface area contributed by atoms with Crippen molar-refractivity contribution >= 4 is 17.3 Å². The van der Waals surface area contributed by atoms with E-state index in [1.54, 1.807) is 0 Å². The first kappa shape index (κ1) is 17.1. The first-order valence-corrected chi connectivity index (χ1v) is 9.78. The topological polar surface area (TPSA) is 36.8 Å². The predicted octanol–water partition coefficient (Wildman–Crippen LogP) is 1.91. The van der Waals surface area contributed by atoms with Gasteiger partial charge in [-0.2, -0.15) is 0 Å². The molecule has 4 rings (SSSR count). The highest BCUT2D eigenvalue weighted by molar-refractivity contribution is 5.93. The van der Waals surface area contributed by atoms with Crippen LogP contribution in [0.2, 0.25) is 0 Å². The van der Waals surface area contributed by atoms with Gasteiger partial charge < -0.3 is 15.1 Å². The van der Waals surface area contributed by atoms with E-state index in [0.717, 1.165) is 38.3 Å². The molecule has 0 unspecified atom stereocenters. The Kier molecular flexibility index (Phi) is 4.93. The lowest BCUT2D eigenvalue weighted by atomic mass is 10.1. The summed E-state index contributed by atoms with van der Waals surface area (Å²) in [7, 11) is 0. The van der Waals surface area contributed by atoms with Crippen LogP contribution in [0.5, 0.6) is 0 Å². The van der Waals surface area contributed by atoms with Crippen LogP contribution in [0.15, 0.2) is 48.5 Å². The second-order valence-corrected chi connectivity index (χ2v) is 7.53. The van der Waals surface area contributed by atoms with E-state index in [0.29, 0.717) is 0 Å². The Balaban J connectivity index is 1.33. The second-order valence-electron chi connectivity index (χ2n) is 7.53. The predicted molar refractivity (Wildman–Crippen MR) is 106 cm³/mol. The number of rotatable bonds is 4. The third kappa shape index (κ3) is 3.61. The van der Waals surface area contributed by atoms with Gasteiger partial charge in [0.1, 0.15) is 0 Å². The summed E-state index contributed by atoms with van der Waals surface area (Å²) in [5.41, 5.74) is 5.07. The molecule has 1 aliphatic carbocycles. The number of hydrogen-bond donors (Lipinski definition) is 2. The molecule has 4 heteroatoms. The molecule has 1 amide bonds. The molecule has 1 saturated heterocycles. The Bertz CT molecular complexity index is 766. The molecular formula is C22H28N3O+. The monoisotopic (exact) mass is 350 g/mol. The van der Waals surface area contributed by atoms with Crippen molar-refractivity contribution in [2.45, 2.75) is 32.2 Å². The van der Waals surface area contributed by atoms with Gasteiger partial charge in [-0.3, -0.25) is 4.79 Å². The van der Waals surface area contributed by atoms with Crippen molar-refractivity contribution in [3.05, 3.63) is 59.7 Å². The second kappa shape index (κ2) is 7.50. The number of aryl methyl sites for hydroxylation is 2. The molecule has 0 aromatic heterocycles. The van der Waals surface area contributed by atoms with Crippen molar-refractivity contribution in [3.63, 3.8) is 0 Å². The van der Waals surface area contributed by atoms with E-state index in [1.165, 1.54) is 34.6 Å². The lowest BCUT2D eigenvalue weighted by Gasteiger charge is -2.36. The molecule has 2 aromatic carbocycles. The number of para-hydroxylation sites is 1. The van der Waals surface area contributed by atoms with E-state index in [-0.39, 0.29) is 11.9 Å². The van der Waals surface area contributed by atoms with Gasteiger partial charge >= 0.3 is 0 Å². The molecule has 0 bridgehead atoms. The summed E-state index contributed by atoms with van der Waals surface area (Å²) < 4.78 is 0. The van der Waals surface area contributed by atoms with E-state index in [1.807, 2.05) is 0 Å². The zero-order valence-electron chi connectivity index (χ0n) is 15.5. The van der Waals surface area contributed by atoms with Gasteiger partial charge in [0.05, 0.1) is 26.2 Å². The summed E-state index contributed by atoms with van der Waals surface area (Å²) >= 11 is 0. The van der Waals surface area contributed by atoms with Gasteiger partial charge in [-0.15, -0.1) is 0 Å². The summed E-state index contributed by atoms with van der Waals surface area (Å²) in [5.74, 6) is 0.131. The largest absolute Gasteiger partial charge is 0.360 e. The summed E-state index contributed by atoms with van der Waals surface area (Å²) in [6, 6.07) is 16.9. The van der Waals surface area contributed by atoms with Crippen molar-refractivity contribution < 1.29 is 9.69 Å². The van der Waals surface area contributed by atoms with Crippen LogP contribution >= 0.6 is 0 Å². The summed E-state index contributed by atoms with van der Waals surface area (Å²) in [6.45, 7) is 6.03. The molecule has 1 atom stereocenters. The van der Waals surface area contributed by atoms with Gasteiger partial charge in [-0.05, 0) is 61.6 Å². The Morgan fingerprint density at radius 3 is 2.54 bits per heavy atom. The highest BCUT2D eigenvalue weighted by atomic mass is 16.2. The standard InChI is InChI=1S/C22H27N3O/c1-17(22(26)23-20-11-10-18-6-5-7-19(18)16-20)24-12-14-25(15-13-24)21-8-3-2-4-9-21/h2-4,8-11,16-17H,5-7,12-15H2,1H3,(H,23,26)/p+1/t17-/m0/s1. The number of carbonyl (C=O) groups is 1. The van der Waals surface area contributed by atoms with Crippen LogP contribution in [-0.2, 0) is 17.6 Å². The molecule has 0 spiro atoms. The quantitative estimate of drug-likeness (QED) is 0.884. The number of quaternary nitrogens is 1. The van der Waals surface area contributed by atoms with Crippen LogP contribution < -0.4 is 15.1 Å². The van der Waals surface area contributed by atoms with Crippen molar-refractivity contribution in [3.8, 4) is 0 Å². The van der Waals surface area contributed by atoms with Crippen LogP contribution in [0.1, 0.15) is 24.5 Å². The third-order valence-electron chi connectivity index (χ3n) is 5.90. The maximum atomic E-state index is 12.7. The minimum atomic E-state index is -0.0267. The van der Waals surface area contributed by atoms with Gasteiger partial charge in [0.25, 0.3) is 5.91 Å². The molecular weight excluding hydrogens is 322 g/mol. The van der Waals surface area contributed by atoms with Gasteiger partial charge in [-0.25, -0.2) is 0 Å². The van der Waals surface area contributed by atoms with Crippen molar-refractivity contribution in [1.82, 2.24) is 0 Å². The zero-order valence-corrected chi connectivity index (χ0v) is 15.5. The smallest absolute Gasteiger partial charge is 0.282 e. The number of fused-ring (bicyclic) bond motifs is 1. The fourth-order valence-electron chi connectivity index (χ4n) is 4.21. The van der Waals surface area contributed by atoms with Gasteiger partial charge in [0.15, 0.2) is 6.04 Å². The molecule has 136 valence electrons. The van der Waals surface area contributed by atoms with E-state index in [2.05, 4.69) is 65.7 Å². The molecule has 26 heavy (non-hydrogen) atoms. The normalized spacial score (nSPS) is 18.4. The van der Waals surface area contributed by atoms with Crippen LogP contribution in [0.3, 0.4) is 0 Å². The van der Waals surface area contributed by atoms with E-state index in [9.17, 15) is 4.79 Å².